The van der Waals surface area contributed by atoms with E-state index in [2.05, 4.69) is 5.32 Å². The van der Waals surface area contributed by atoms with Gasteiger partial charge >= 0.3 is 0 Å². The maximum absolute atomic E-state index is 12.2. The zero-order valence-electron chi connectivity index (χ0n) is 13.5. The number of nitrogens with one attached hydrogen (secondary N) is 1. The Kier molecular flexibility index (Phi) is 7.47. The minimum absolute atomic E-state index is 0.216. The molecule has 4 nitrogen and oxygen atoms in total. The molecule has 1 aliphatic heterocycles. The van der Waals surface area contributed by atoms with Crippen molar-refractivity contribution < 1.29 is 9.53 Å². The van der Waals surface area contributed by atoms with E-state index < -0.39 is 0 Å². The van der Waals surface area contributed by atoms with Crippen LogP contribution >= 0.6 is 23.2 Å². The molecule has 0 spiro atoms. The fraction of sp³-hybridized carbons (Fsp3) is 0.588. The number of ether oxygens (including phenoxy) is 1. The van der Waals surface area contributed by atoms with Gasteiger partial charge in [0, 0.05) is 19.5 Å². The highest BCUT2D eigenvalue weighted by molar-refractivity contribution is 6.42. The number of carbonyl (C=O) groups is 1. The molecule has 2 rings (SSSR count). The van der Waals surface area contributed by atoms with Gasteiger partial charge in [0.15, 0.2) is 0 Å². The number of nitrogens with zero attached hydrogens (tertiary/aromatic N) is 1. The van der Waals surface area contributed by atoms with Crippen LogP contribution < -0.4 is 10.1 Å². The summed E-state index contributed by atoms with van der Waals surface area (Å²) in [4.78, 5) is 14.2. The molecule has 1 aliphatic rings. The lowest BCUT2D eigenvalue weighted by molar-refractivity contribution is -0.132. The van der Waals surface area contributed by atoms with Crippen LogP contribution in [0.2, 0.25) is 10.0 Å². The summed E-state index contributed by atoms with van der Waals surface area (Å²) in [5, 5.41) is 4.11. The van der Waals surface area contributed by atoms with E-state index in [-0.39, 0.29) is 5.91 Å². The summed E-state index contributed by atoms with van der Waals surface area (Å²) in [5.74, 6) is 1.48. The fourth-order valence-electron chi connectivity index (χ4n) is 2.83. The van der Waals surface area contributed by atoms with E-state index in [1.807, 2.05) is 11.9 Å². The number of carbonyl (C=O) groups excluding carboxylic acids is 1. The van der Waals surface area contributed by atoms with E-state index in [0.29, 0.717) is 41.2 Å². The molecule has 128 valence electrons. The Morgan fingerprint density at radius 2 is 2.09 bits per heavy atom. The molecule has 1 saturated heterocycles. The Balaban J connectivity index is 1.66. The van der Waals surface area contributed by atoms with Crippen LogP contribution in [0.1, 0.15) is 25.7 Å². The van der Waals surface area contributed by atoms with Gasteiger partial charge in [-0.1, -0.05) is 29.3 Å². The van der Waals surface area contributed by atoms with E-state index >= 15 is 0 Å². The number of amides is 1. The van der Waals surface area contributed by atoms with Crippen molar-refractivity contribution in [3.05, 3.63) is 28.2 Å². The molecule has 0 aliphatic carbocycles. The third-order valence-electron chi connectivity index (χ3n) is 4.17. The maximum atomic E-state index is 12.2. The molecule has 23 heavy (non-hydrogen) atoms. The molecule has 1 N–H and O–H groups in total. The molecule has 0 aromatic heterocycles. The van der Waals surface area contributed by atoms with Crippen molar-refractivity contribution in [3.63, 3.8) is 0 Å². The standard InChI is InChI=1S/C17H24Cl2N2O2/c1-20-12-13-7-9-21(10-8-13)16(22)6-3-11-23-15-5-2-4-14(18)17(15)19/h2,4-5,13,20H,3,6-12H2,1H3. The fourth-order valence-corrected chi connectivity index (χ4v) is 3.18. The van der Waals surface area contributed by atoms with Gasteiger partial charge < -0.3 is 15.0 Å². The average Bonchev–Trinajstić information content (AvgIpc) is 2.56. The Morgan fingerprint density at radius 1 is 1.35 bits per heavy atom. The zero-order chi connectivity index (χ0) is 16.7. The third-order valence-corrected chi connectivity index (χ3v) is 4.97. The second-order valence-electron chi connectivity index (χ2n) is 5.89. The van der Waals surface area contributed by atoms with E-state index in [9.17, 15) is 4.79 Å². The number of hydrogen-bond acceptors (Lipinski definition) is 3. The summed E-state index contributed by atoms with van der Waals surface area (Å²) in [6, 6.07) is 5.30. The summed E-state index contributed by atoms with van der Waals surface area (Å²) in [7, 11) is 1.98. The largest absolute Gasteiger partial charge is 0.492 e. The van der Waals surface area contributed by atoms with Crippen LogP contribution in [0.4, 0.5) is 0 Å². The molecule has 1 aromatic rings. The number of rotatable bonds is 7. The lowest BCUT2D eigenvalue weighted by atomic mass is 9.96. The number of hydrogen-bond donors (Lipinski definition) is 1. The Hall–Kier alpha value is -0.970. The maximum Gasteiger partial charge on any atom is 0.222 e. The summed E-state index contributed by atoms with van der Waals surface area (Å²) in [5.41, 5.74) is 0. The van der Waals surface area contributed by atoms with E-state index in [4.69, 9.17) is 27.9 Å². The first-order valence-corrected chi connectivity index (χ1v) is 8.86. The summed E-state index contributed by atoms with van der Waals surface area (Å²) in [6.45, 7) is 3.23. The monoisotopic (exact) mass is 358 g/mol. The predicted octanol–water partition coefficient (Wildman–Crippen LogP) is 3.61. The van der Waals surface area contributed by atoms with Crippen molar-refractivity contribution in [1.82, 2.24) is 10.2 Å². The van der Waals surface area contributed by atoms with Crippen LogP contribution in [-0.4, -0.2) is 44.1 Å². The average molecular weight is 359 g/mol. The van der Waals surface area contributed by atoms with Gasteiger partial charge in [-0.25, -0.2) is 0 Å². The van der Waals surface area contributed by atoms with Crippen LogP contribution in [0.25, 0.3) is 0 Å². The second kappa shape index (κ2) is 9.36. The summed E-state index contributed by atoms with van der Waals surface area (Å²) in [6.07, 6.45) is 3.36. The van der Waals surface area contributed by atoms with Crippen molar-refractivity contribution in [2.45, 2.75) is 25.7 Å². The van der Waals surface area contributed by atoms with E-state index in [1.54, 1.807) is 18.2 Å². The Morgan fingerprint density at radius 3 is 2.78 bits per heavy atom. The van der Waals surface area contributed by atoms with Crippen LogP contribution in [0, 0.1) is 5.92 Å². The molecule has 6 heteroatoms. The van der Waals surface area contributed by atoms with Gasteiger partial charge in [-0.2, -0.15) is 0 Å². The first-order valence-electron chi connectivity index (χ1n) is 8.11. The third kappa shape index (κ3) is 5.55. The van der Waals surface area contributed by atoms with Crippen LogP contribution in [0.3, 0.4) is 0 Å². The Bertz CT molecular complexity index is 517. The molecule has 0 atom stereocenters. The Labute approximate surface area is 148 Å². The SMILES string of the molecule is CNCC1CCN(C(=O)CCCOc2cccc(Cl)c2Cl)CC1. The highest BCUT2D eigenvalue weighted by Gasteiger charge is 2.21. The number of likely N-dealkylation sites (tertiary alicyclic amines) is 1. The normalized spacial score (nSPS) is 15.7. The zero-order valence-corrected chi connectivity index (χ0v) is 15.0. The topological polar surface area (TPSA) is 41.6 Å². The first-order chi connectivity index (χ1) is 11.1. The molecule has 1 aromatic carbocycles. The molecule has 0 unspecified atom stereocenters. The van der Waals surface area contributed by atoms with Gasteiger partial charge in [0.05, 0.1) is 11.6 Å². The van der Waals surface area contributed by atoms with E-state index in [1.165, 1.54) is 0 Å². The predicted molar refractivity (Wildman–Crippen MR) is 94.4 cm³/mol. The van der Waals surface area contributed by atoms with Gasteiger partial charge in [0.1, 0.15) is 10.8 Å². The smallest absolute Gasteiger partial charge is 0.222 e. The summed E-state index contributed by atoms with van der Waals surface area (Å²) < 4.78 is 5.61. The number of benzene rings is 1. The quantitative estimate of drug-likeness (QED) is 0.757. The molecular formula is C17H24Cl2N2O2. The molecule has 1 amide bonds. The van der Waals surface area contributed by atoms with Crippen molar-refractivity contribution in [1.29, 1.82) is 0 Å². The lowest BCUT2D eigenvalue weighted by Gasteiger charge is -2.32. The van der Waals surface area contributed by atoms with Gasteiger partial charge in [-0.3, -0.25) is 4.79 Å². The molecule has 0 radical (unpaired) electrons. The second-order valence-corrected chi connectivity index (χ2v) is 6.67. The molecule has 1 fully saturated rings. The first kappa shape index (κ1) is 18.4. The highest BCUT2D eigenvalue weighted by atomic mass is 35.5. The highest BCUT2D eigenvalue weighted by Crippen LogP contribution is 2.31. The van der Waals surface area contributed by atoms with Crippen LogP contribution in [0.5, 0.6) is 5.75 Å². The lowest BCUT2D eigenvalue weighted by Crippen LogP contribution is -2.40. The van der Waals surface area contributed by atoms with Gasteiger partial charge in [0.2, 0.25) is 5.91 Å². The molecule has 0 saturated carbocycles. The van der Waals surface area contributed by atoms with Crippen molar-refractivity contribution in [2.75, 3.05) is 33.3 Å². The van der Waals surface area contributed by atoms with Gasteiger partial charge in [0.25, 0.3) is 0 Å². The van der Waals surface area contributed by atoms with Crippen LogP contribution in [0.15, 0.2) is 18.2 Å². The van der Waals surface area contributed by atoms with Crippen LogP contribution in [-0.2, 0) is 4.79 Å². The van der Waals surface area contributed by atoms with Crippen molar-refractivity contribution >= 4 is 29.1 Å². The van der Waals surface area contributed by atoms with Crippen molar-refractivity contribution in [2.24, 2.45) is 5.92 Å². The minimum atomic E-state index is 0.216. The van der Waals surface area contributed by atoms with Gasteiger partial charge in [-0.05, 0) is 50.9 Å². The van der Waals surface area contributed by atoms with Crippen molar-refractivity contribution in [3.8, 4) is 5.75 Å². The molecule has 0 bridgehead atoms. The molecular weight excluding hydrogens is 335 g/mol. The number of piperidine rings is 1. The summed E-state index contributed by atoms with van der Waals surface area (Å²) >= 11 is 12.0. The number of halogens is 2. The molecule has 1 heterocycles. The van der Waals surface area contributed by atoms with Gasteiger partial charge in [-0.15, -0.1) is 0 Å². The minimum Gasteiger partial charge on any atom is -0.492 e. The van der Waals surface area contributed by atoms with E-state index in [0.717, 1.165) is 32.5 Å².